The maximum Gasteiger partial charge on any atom is 0.136 e. The molecule has 1 nitrogen and oxygen atoms in total. The maximum absolute atomic E-state index is 13.4. The van der Waals surface area contributed by atoms with Gasteiger partial charge in [-0.1, -0.05) is 13.8 Å². The highest BCUT2D eigenvalue weighted by Gasteiger charge is 2.41. The van der Waals surface area contributed by atoms with Crippen molar-refractivity contribution in [2.45, 2.75) is 25.9 Å². The highest BCUT2D eigenvalue weighted by molar-refractivity contribution is 4.94. The fourth-order valence-electron chi connectivity index (χ4n) is 1.78. The van der Waals surface area contributed by atoms with Gasteiger partial charge in [-0.3, -0.25) is 4.90 Å². The summed E-state index contributed by atoms with van der Waals surface area (Å²) in [6, 6.07) is 0. The molecule has 0 atom stereocenters. The van der Waals surface area contributed by atoms with E-state index in [9.17, 15) is 4.39 Å². The zero-order valence-corrected chi connectivity index (χ0v) is 7.02. The first-order valence-corrected chi connectivity index (χ1v) is 3.89. The van der Waals surface area contributed by atoms with Gasteiger partial charge in [0, 0.05) is 13.1 Å². The molecule has 0 amide bonds. The third-order valence-corrected chi connectivity index (χ3v) is 1.88. The van der Waals surface area contributed by atoms with Crippen LogP contribution in [0.25, 0.3) is 0 Å². The maximum atomic E-state index is 13.4. The van der Waals surface area contributed by atoms with Gasteiger partial charge in [0.1, 0.15) is 5.67 Å². The Morgan fingerprint density at radius 2 is 2.00 bits per heavy atom. The first-order chi connectivity index (χ1) is 4.52. The lowest BCUT2D eigenvalue weighted by Crippen LogP contribution is -2.57. The van der Waals surface area contributed by atoms with E-state index in [2.05, 4.69) is 13.8 Å². The number of hydrogen-bond donors (Lipinski definition) is 0. The van der Waals surface area contributed by atoms with E-state index in [4.69, 9.17) is 0 Å². The summed E-state index contributed by atoms with van der Waals surface area (Å²) in [5.74, 6) is 0.485. The number of hydrogen-bond acceptors (Lipinski definition) is 1. The van der Waals surface area contributed by atoms with Crippen molar-refractivity contribution in [2.75, 3.05) is 20.1 Å². The molecule has 0 aromatic heterocycles. The number of nitrogens with zero attached hydrogens (tertiary/aromatic N) is 1. The zero-order valence-electron chi connectivity index (χ0n) is 7.02. The third kappa shape index (κ3) is 1.69. The molecule has 60 valence electrons. The Hall–Kier alpha value is -0.110. The van der Waals surface area contributed by atoms with Crippen LogP contribution in [0.2, 0.25) is 0 Å². The van der Waals surface area contributed by atoms with Crippen LogP contribution in [0.4, 0.5) is 4.39 Å². The topological polar surface area (TPSA) is 3.24 Å². The van der Waals surface area contributed by atoms with E-state index < -0.39 is 5.67 Å². The summed E-state index contributed by atoms with van der Waals surface area (Å²) in [5, 5.41) is 0. The lowest BCUT2D eigenvalue weighted by atomic mass is 9.88. The minimum Gasteiger partial charge on any atom is -0.300 e. The summed E-state index contributed by atoms with van der Waals surface area (Å²) in [7, 11) is 1.96. The van der Waals surface area contributed by atoms with E-state index in [-0.39, 0.29) is 0 Å². The first-order valence-electron chi connectivity index (χ1n) is 3.89. The Morgan fingerprint density at radius 3 is 2.30 bits per heavy atom. The molecule has 0 N–H and O–H groups in total. The van der Waals surface area contributed by atoms with Crippen molar-refractivity contribution in [3.63, 3.8) is 0 Å². The van der Waals surface area contributed by atoms with Crippen LogP contribution in [0.5, 0.6) is 0 Å². The zero-order chi connectivity index (χ0) is 7.78. The minimum absolute atomic E-state index is 0.485. The number of likely N-dealkylation sites (tertiary alicyclic amines) is 1. The molecular weight excluding hydrogens is 129 g/mol. The Balaban J connectivity index is 2.27. The van der Waals surface area contributed by atoms with Crippen molar-refractivity contribution < 1.29 is 4.39 Å². The molecule has 0 saturated carbocycles. The van der Waals surface area contributed by atoms with E-state index in [0.717, 1.165) is 6.42 Å². The molecule has 10 heavy (non-hydrogen) atoms. The van der Waals surface area contributed by atoms with Gasteiger partial charge in [-0.15, -0.1) is 0 Å². The smallest absolute Gasteiger partial charge is 0.136 e. The van der Waals surface area contributed by atoms with E-state index in [1.54, 1.807) is 0 Å². The molecule has 0 aromatic carbocycles. The molecule has 2 heteroatoms. The van der Waals surface area contributed by atoms with Crippen molar-refractivity contribution in [1.29, 1.82) is 0 Å². The molecule has 1 fully saturated rings. The molecule has 0 radical (unpaired) electrons. The summed E-state index contributed by atoms with van der Waals surface area (Å²) >= 11 is 0. The molecule has 0 aliphatic carbocycles. The van der Waals surface area contributed by atoms with Crippen LogP contribution in [-0.4, -0.2) is 30.7 Å². The van der Waals surface area contributed by atoms with Crippen LogP contribution < -0.4 is 0 Å². The average Bonchev–Trinajstić information content (AvgIpc) is 1.57. The third-order valence-electron chi connectivity index (χ3n) is 1.88. The van der Waals surface area contributed by atoms with Gasteiger partial charge in [0.2, 0.25) is 0 Å². The second-order valence-corrected chi connectivity index (χ2v) is 3.92. The standard InChI is InChI=1S/C8H16FN/c1-7(2)4-8(9)5-10(3)6-8/h7H,4-6H2,1-3H3. The highest BCUT2D eigenvalue weighted by Crippen LogP contribution is 2.30. The summed E-state index contributed by atoms with van der Waals surface area (Å²) in [6.07, 6.45) is 0.720. The molecule has 0 unspecified atom stereocenters. The largest absolute Gasteiger partial charge is 0.300 e. The molecule has 0 bridgehead atoms. The van der Waals surface area contributed by atoms with Gasteiger partial charge < -0.3 is 0 Å². The molecule has 1 heterocycles. The SMILES string of the molecule is CC(C)CC1(F)CN(C)C1. The van der Waals surface area contributed by atoms with Crippen molar-refractivity contribution in [3.05, 3.63) is 0 Å². The summed E-state index contributed by atoms with van der Waals surface area (Å²) < 4.78 is 13.4. The van der Waals surface area contributed by atoms with Gasteiger partial charge in [-0.05, 0) is 19.4 Å². The summed E-state index contributed by atoms with van der Waals surface area (Å²) in [4.78, 5) is 2.02. The summed E-state index contributed by atoms with van der Waals surface area (Å²) in [6.45, 7) is 5.40. The molecule has 1 rings (SSSR count). The van der Waals surface area contributed by atoms with Crippen LogP contribution in [0, 0.1) is 5.92 Å². The van der Waals surface area contributed by atoms with E-state index in [0.29, 0.717) is 19.0 Å². The highest BCUT2D eigenvalue weighted by atomic mass is 19.1. The molecule has 1 aliphatic rings. The van der Waals surface area contributed by atoms with Gasteiger partial charge in [0.25, 0.3) is 0 Å². The van der Waals surface area contributed by atoms with Crippen LogP contribution >= 0.6 is 0 Å². The monoisotopic (exact) mass is 145 g/mol. The number of halogens is 1. The lowest BCUT2D eigenvalue weighted by molar-refractivity contribution is -0.0299. The van der Waals surface area contributed by atoms with E-state index >= 15 is 0 Å². The van der Waals surface area contributed by atoms with Crippen LogP contribution in [0.1, 0.15) is 20.3 Å². The van der Waals surface area contributed by atoms with Crippen molar-refractivity contribution in [3.8, 4) is 0 Å². The van der Waals surface area contributed by atoms with Gasteiger partial charge in [-0.25, -0.2) is 4.39 Å². The molecule has 1 saturated heterocycles. The molecule has 0 spiro atoms. The van der Waals surface area contributed by atoms with Crippen molar-refractivity contribution in [2.24, 2.45) is 5.92 Å². The normalized spacial score (nSPS) is 24.9. The molecular formula is C8H16FN. The summed E-state index contributed by atoms with van der Waals surface area (Å²) in [5.41, 5.74) is -0.858. The Labute approximate surface area is 62.2 Å². The van der Waals surface area contributed by atoms with Crippen molar-refractivity contribution in [1.82, 2.24) is 4.90 Å². The van der Waals surface area contributed by atoms with Gasteiger partial charge in [-0.2, -0.15) is 0 Å². The number of alkyl halides is 1. The molecule has 0 aromatic rings. The predicted octanol–water partition coefficient (Wildman–Crippen LogP) is 1.69. The van der Waals surface area contributed by atoms with Gasteiger partial charge in [0.05, 0.1) is 0 Å². The second-order valence-electron chi connectivity index (χ2n) is 3.92. The van der Waals surface area contributed by atoms with Crippen LogP contribution in [0.15, 0.2) is 0 Å². The fraction of sp³-hybridized carbons (Fsp3) is 1.00. The first kappa shape index (κ1) is 7.99. The van der Waals surface area contributed by atoms with Crippen LogP contribution in [-0.2, 0) is 0 Å². The van der Waals surface area contributed by atoms with E-state index in [1.807, 2.05) is 11.9 Å². The molecule has 1 aliphatic heterocycles. The van der Waals surface area contributed by atoms with Gasteiger partial charge in [0.15, 0.2) is 0 Å². The van der Waals surface area contributed by atoms with Gasteiger partial charge >= 0.3 is 0 Å². The Kier molecular flexibility index (Phi) is 1.99. The number of rotatable bonds is 2. The Bertz CT molecular complexity index is 116. The minimum atomic E-state index is -0.858. The predicted molar refractivity (Wildman–Crippen MR) is 40.8 cm³/mol. The Morgan fingerprint density at radius 1 is 1.50 bits per heavy atom. The fourth-order valence-corrected chi connectivity index (χ4v) is 1.78. The van der Waals surface area contributed by atoms with E-state index in [1.165, 1.54) is 0 Å². The average molecular weight is 145 g/mol. The van der Waals surface area contributed by atoms with Crippen molar-refractivity contribution >= 4 is 0 Å². The lowest BCUT2D eigenvalue weighted by Gasteiger charge is -2.43. The second kappa shape index (κ2) is 2.50. The quantitative estimate of drug-likeness (QED) is 0.571. The van der Waals surface area contributed by atoms with Crippen LogP contribution in [0.3, 0.4) is 0 Å².